The van der Waals surface area contributed by atoms with E-state index in [0.717, 1.165) is 25.8 Å². The number of aliphatic hydroxyl groups excluding tert-OH is 2. The van der Waals surface area contributed by atoms with E-state index in [4.69, 9.17) is 37.7 Å². The first-order chi connectivity index (χ1) is 43.7. The van der Waals surface area contributed by atoms with E-state index in [1.54, 1.807) is 48.5 Å². The number of likely N-dealkylation sites (N-methyl/N-ethyl adjacent to an activating group) is 1. The van der Waals surface area contributed by atoms with Gasteiger partial charge in [-0.1, -0.05) is 166 Å². The largest absolute Gasteiger partial charge is 0.459 e. The number of nitrogens with zero attached hydrogens (tertiary/aromatic N) is 2. The second-order valence-corrected chi connectivity index (χ2v) is 28.5. The number of cyclic esters (lactones) is 1. The molecule has 0 bridgehead atoms. The second-order valence-electron chi connectivity index (χ2n) is 27.4. The third-order valence-electron chi connectivity index (χ3n) is 19.0. The van der Waals surface area contributed by atoms with Gasteiger partial charge >= 0.3 is 22.3 Å². The zero-order chi connectivity index (χ0) is 69.6. The molecule has 0 aromatic heterocycles. The first-order valence-electron chi connectivity index (χ1n) is 34.1. The lowest BCUT2D eigenvalue weighted by molar-refractivity contribution is -0.319. The van der Waals surface area contributed by atoms with Gasteiger partial charge in [0.15, 0.2) is 18.7 Å². The van der Waals surface area contributed by atoms with Gasteiger partial charge in [0.2, 0.25) is 0 Å². The van der Waals surface area contributed by atoms with Crippen molar-refractivity contribution in [3.8, 4) is 0 Å². The molecule has 4 aliphatic rings. The van der Waals surface area contributed by atoms with E-state index in [9.17, 15) is 43.2 Å². The van der Waals surface area contributed by atoms with Gasteiger partial charge in [-0.05, 0) is 130 Å². The fourth-order valence-corrected chi connectivity index (χ4v) is 13.6. The number of Topliss-reactive ketones (excluding diaryl/α,β-unsaturated/α-hetero) is 1. The van der Waals surface area contributed by atoms with Crippen molar-refractivity contribution in [3.05, 3.63) is 76.9 Å². The maximum Gasteiger partial charge on any atom is 0.397 e. The van der Waals surface area contributed by atoms with Gasteiger partial charge in [0.05, 0.1) is 60.3 Å². The highest BCUT2D eigenvalue weighted by atomic mass is 35.5. The molecule has 3 saturated heterocycles. The highest BCUT2D eigenvalue weighted by Crippen LogP contribution is 2.42. The fourth-order valence-electron chi connectivity index (χ4n) is 13.3. The number of halogens is 1. The number of hydrogen-bond acceptors (Lipinski definition) is 19. The molecule has 22 heteroatoms. The molecular weight excluding hydrogens is 1250 g/mol. The predicted molar refractivity (Wildman–Crippen MR) is 369 cm³/mol. The molecule has 5 N–H and O–H groups in total. The fraction of sp³-hybridized carbons (Fsp3) is 0.736. The summed E-state index contributed by atoms with van der Waals surface area (Å²) in [6.45, 7) is 21.4. The maximum absolute atomic E-state index is 14.2. The Morgan fingerprint density at radius 3 is 1.81 bits per heavy atom. The number of hydrogen-bond donors (Lipinski definition) is 5. The molecule has 6 rings (SSSR count). The molecule has 0 saturated carbocycles. The van der Waals surface area contributed by atoms with Crippen LogP contribution >= 0.6 is 12.4 Å². The van der Waals surface area contributed by atoms with Crippen molar-refractivity contribution in [3.63, 3.8) is 0 Å². The summed E-state index contributed by atoms with van der Waals surface area (Å²) < 4.78 is 76.6. The van der Waals surface area contributed by atoms with Crippen LogP contribution < -0.4 is 0 Å². The molecule has 0 spiro atoms. The number of carbonyl (C=O) groups excluding carboxylic acids is 3. The standard InChI is InChI=1S/C40H71NO14.C20H21N.C12H26O4S.ClH/c1-15-27-40(11,48)33(44)22(5)30(43)20(3)18-38(9,47)35(55-37-32(53-28(42)16-2)26(41(12)13)17-21(4)50-37)23(6)31(24(7)36(46)52-27)54-29-19-39(10,49-14)34(45)25(8)51-29;1-21(2)15-7-12-20-18-10-5-3-8-16(18)13-14-17-9-4-6-11-19(17)20;1-2-3-4-5-6-7-8-9-10-11-12-16-17(13,14)15;/h20-27,29,31-35,37,44-45,47-48H,15-19H2,1-14H3;3-6,8-14H,7,15H2,1-2H3;2-12H2,1H3,(H,13,14,15);1H. The number of ether oxygens (including phenoxy) is 7. The van der Waals surface area contributed by atoms with Crippen molar-refractivity contribution < 1.29 is 85.1 Å². The number of ketones is 1. The lowest BCUT2D eigenvalue weighted by atomic mass is 9.74. The Morgan fingerprint density at radius 2 is 1.30 bits per heavy atom. The summed E-state index contributed by atoms with van der Waals surface area (Å²) in [7, 11) is 5.21. The molecule has 94 heavy (non-hydrogen) atoms. The summed E-state index contributed by atoms with van der Waals surface area (Å²) in [4.78, 5) is 45.1. The van der Waals surface area contributed by atoms with Gasteiger partial charge in [-0.25, -0.2) is 4.18 Å². The number of unbranched alkanes of at least 4 members (excludes halogenated alkanes) is 9. The van der Waals surface area contributed by atoms with Crippen molar-refractivity contribution in [1.82, 2.24) is 9.80 Å². The topological polar surface area (TPSA) is 267 Å². The van der Waals surface area contributed by atoms with E-state index >= 15 is 0 Å². The van der Waals surface area contributed by atoms with Gasteiger partial charge in [0.25, 0.3) is 0 Å². The molecule has 538 valence electrons. The zero-order valence-electron chi connectivity index (χ0n) is 59.5. The van der Waals surface area contributed by atoms with Crippen LogP contribution in [0.2, 0.25) is 0 Å². The Balaban J connectivity index is 0.000000476. The number of methoxy groups -OCH3 is 1. The molecule has 0 amide bonds. The molecule has 1 aliphatic carbocycles. The minimum atomic E-state index is -4.23. The quantitative estimate of drug-likeness (QED) is 0.0317. The smallest absolute Gasteiger partial charge is 0.397 e. The van der Waals surface area contributed by atoms with Gasteiger partial charge < -0.3 is 63.4 Å². The first kappa shape index (κ1) is 84.5. The van der Waals surface area contributed by atoms with Crippen LogP contribution in [0.5, 0.6) is 0 Å². The minimum absolute atomic E-state index is 0. The molecule has 18 unspecified atom stereocenters. The van der Waals surface area contributed by atoms with Gasteiger partial charge in [-0.2, -0.15) is 8.42 Å². The number of aliphatic hydroxyl groups is 4. The Labute approximate surface area is 569 Å². The maximum atomic E-state index is 14.2. The Kier molecular flexibility index (Phi) is 35.7. The van der Waals surface area contributed by atoms with Crippen LogP contribution in [-0.4, -0.2) is 194 Å². The van der Waals surface area contributed by atoms with Crippen LogP contribution in [0.3, 0.4) is 0 Å². The van der Waals surface area contributed by atoms with Crippen LogP contribution in [0, 0.1) is 23.7 Å². The Bertz CT molecular complexity index is 2730. The predicted octanol–water partition coefficient (Wildman–Crippen LogP) is 11.4. The summed E-state index contributed by atoms with van der Waals surface area (Å²) >= 11 is 0. The third-order valence-corrected chi connectivity index (χ3v) is 19.4. The first-order valence-corrected chi connectivity index (χ1v) is 35.5. The van der Waals surface area contributed by atoms with Crippen LogP contribution in [0.4, 0.5) is 0 Å². The van der Waals surface area contributed by atoms with Crippen molar-refractivity contribution in [2.24, 2.45) is 23.7 Å². The molecule has 2 aromatic carbocycles. The van der Waals surface area contributed by atoms with Gasteiger partial charge in [-0.15, -0.1) is 12.4 Å². The van der Waals surface area contributed by atoms with Crippen molar-refractivity contribution in [2.45, 2.75) is 270 Å². The Hall–Kier alpha value is -3.75. The van der Waals surface area contributed by atoms with Crippen LogP contribution in [-0.2, 0) is 62.1 Å². The minimum Gasteiger partial charge on any atom is -0.459 e. The molecule has 20 nitrogen and oxygen atoms in total. The Morgan fingerprint density at radius 1 is 0.745 bits per heavy atom. The van der Waals surface area contributed by atoms with E-state index < -0.39 is 124 Å². The summed E-state index contributed by atoms with van der Waals surface area (Å²) in [6.07, 6.45) is 10.1. The lowest BCUT2D eigenvalue weighted by Crippen LogP contribution is -2.61. The van der Waals surface area contributed by atoms with E-state index in [0.29, 0.717) is 12.8 Å². The van der Waals surface area contributed by atoms with E-state index in [1.165, 1.54) is 101 Å². The second kappa shape index (κ2) is 39.7. The molecule has 0 radical (unpaired) electrons. The van der Waals surface area contributed by atoms with E-state index in [2.05, 4.69) is 96.9 Å². The summed E-state index contributed by atoms with van der Waals surface area (Å²) in [5, 5.41) is 46.6. The normalized spacial score (nSPS) is 32.4. The molecular formula is C72H119ClN2O18S. The van der Waals surface area contributed by atoms with E-state index in [-0.39, 0.29) is 56.8 Å². The third kappa shape index (κ3) is 24.9. The summed E-state index contributed by atoms with van der Waals surface area (Å²) in [6, 6.07) is 17.0. The van der Waals surface area contributed by atoms with Crippen molar-refractivity contribution >= 4 is 58.3 Å². The molecule has 3 fully saturated rings. The highest BCUT2D eigenvalue weighted by Gasteiger charge is 2.54. The summed E-state index contributed by atoms with van der Waals surface area (Å²) in [5.74, 6) is -5.59. The number of benzene rings is 2. The number of carbonyl (C=O) groups is 3. The van der Waals surface area contributed by atoms with Crippen LogP contribution in [0.1, 0.15) is 208 Å². The van der Waals surface area contributed by atoms with Crippen LogP contribution in [0.15, 0.2) is 54.6 Å². The van der Waals surface area contributed by atoms with Crippen molar-refractivity contribution in [1.29, 1.82) is 0 Å². The van der Waals surface area contributed by atoms with E-state index in [1.807, 2.05) is 25.9 Å². The molecule has 2 aromatic rings. The van der Waals surface area contributed by atoms with Crippen LogP contribution in [0.25, 0.3) is 17.7 Å². The van der Waals surface area contributed by atoms with Crippen molar-refractivity contribution in [2.75, 3.05) is 48.5 Å². The average Bonchev–Trinajstić information content (AvgIpc) is 0.894. The van der Waals surface area contributed by atoms with Gasteiger partial charge in [0.1, 0.15) is 23.6 Å². The molecule has 3 aliphatic heterocycles. The van der Waals surface area contributed by atoms with Gasteiger partial charge in [0, 0.05) is 44.2 Å². The monoisotopic (exact) mass is 1370 g/mol. The average molecular weight is 1370 g/mol. The highest BCUT2D eigenvalue weighted by molar-refractivity contribution is 7.80. The zero-order valence-corrected chi connectivity index (χ0v) is 61.1. The number of rotatable bonds is 24. The number of esters is 2. The molecule has 18 atom stereocenters. The number of fused-ring (bicyclic) bond motifs is 2. The molecule has 3 heterocycles. The lowest BCUT2D eigenvalue weighted by Gasteiger charge is -2.49. The SMILES string of the molecule is CCC(=O)OC1C(OC2C(C)C(OC3CC(C)(OC)C(O)C(C)O3)C(C)C(=O)OC(CC)C(C)(O)C(O)C(C)C(=O)C(C)CC2(C)O)OC(C)CC1N(C)C.CCCCCCCCCCCCOS(=O)(=O)O.CN(C)CCC=C1c2ccccc2C=Cc2ccccc21.Cl. The van der Waals surface area contributed by atoms with Gasteiger partial charge in [-0.3, -0.25) is 18.9 Å². The summed E-state index contributed by atoms with van der Waals surface area (Å²) in [5.41, 5.74) is 1.69.